The van der Waals surface area contributed by atoms with Crippen molar-refractivity contribution in [2.45, 2.75) is 66.8 Å². The summed E-state index contributed by atoms with van der Waals surface area (Å²) in [6.45, 7) is 12.1. The molecule has 0 spiro atoms. The van der Waals surface area contributed by atoms with Crippen LogP contribution in [0.3, 0.4) is 0 Å². The van der Waals surface area contributed by atoms with Crippen LogP contribution in [0.4, 0.5) is 18.0 Å². The number of halogens is 3. The lowest BCUT2D eigenvalue weighted by molar-refractivity contribution is -0.197. The number of nitrogens with one attached hydrogen (secondary N) is 1. The number of hydrogen-bond acceptors (Lipinski definition) is 2. The first-order valence-corrected chi connectivity index (χ1v) is 5.98. The number of ether oxygens (including phenoxy) is 1. The maximum atomic E-state index is 12.1. The van der Waals surface area contributed by atoms with Gasteiger partial charge in [-0.3, -0.25) is 0 Å². The molecule has 2 atom stereocenters. The van der Waals surface area contributed by atoms with E-state index in [0.29, 0.717) is 0 Å². The normalized spacial score (nSPS) is 15.0. The Labute approximate surface area is 107 Å². The van der Waals surface area contributed by atoms with Crippen molar-refractivity contribution in [3.8, 4) is 0 Å². The first-order chi connectivity index (χ1) is 7.94. The Morgan fingerprint density at radius 2 is 1.50 bits per heavy atom. The van der Waals surface area contributed by atoms with E-state index >= 15 is 0 Å². The minimum absolute atomic E-state index is 0.236. The lowest BCUT2D eigenvalue weighted by atomic mass is 9.88. The first kappa shape index (κ1) is 19.4. The number of hydrogen-bond donors (Lipinski definition) is 1. The van der Waals surface area contributed by atoms with Crippen molar-refractivity contribution in [3.63, 3.8) is 0 Å². The summed E-state index contributed by atoms with van der Waals surface area (Å²) in [5.74, 6) is 0. The van der Waals surface area contributed by atoms with E-state index in [1.165, 1.54) is 0 Å². The highest BCUT2D eigenvalue weighted by atomic mass is 19.4. The highest BCUT2D eigenvalue weighted by Gasteiger charge is 2.39. The van der Waals surface area contributed by atoms with E-state index in [0.717, 1.165) is 6.92 Å². The Bertz CT molecular complexity index is 223. The molecule has 0 aromatic rings. The molecule has 0 fully saturated rings. The molecular formula is C12H24F3NO2. The van der Waals surface area contributed by atoms with Crippen LogP contribution in [0.15, 0.2) is 0 Å². The summed E-state index contributed by atoms with van der Waals surface area (Å²) >= 11 is 0. The summed E-state index contributed by atoms with van der Waals surface area (Å²) in [4.78, 5) is 11.1. The smallest absolute Gasteiger partial charge is 0.425 e. The van der Waals surface area contributed by atoms with Gasteiger partial charge in [-0.15, -0.1) is 0 Å². The maximum absolute atomic E-state index is 12.1. The van der Waals surface area contributed by atoms with Crippen LogP contribution in [0, 0.1) is 5.41 Å². The van der Waals surface area contributed by atoms with Gasteiger partial charge in [-0.05, 0) is 19.3 Å². The van der Waals surface area contributed by atoms with Gasteiger partial charge >= 0.3 is 12.3 Å². The molecule has 0 aromatic carbocycles. The summed E-state index contributed by atoms with van der Waals surface area (Å²) in [5, 5.41) is 2.36. The van der Waals surface area contributed by atoms with E-state index in [1.54, 1.807) is 6.92 Å². The Morgan fingerprint density at radius 1 is 1.11 bits per heavy atom. The van der Waals surface area contributed by atoms with Crippen molar-refractivity contribution in [3.05, 3.63) is 0 Å². The summed E-state index contributed by atoms with van der Waals surface area (Å²) in [6.07, 6.45) is -7.67. The fraction of sp³-hybridized carbons (Fsp3) is 0.917. The summed E-state index contributed by atoms with van der Waals surface area (Å²) in [6, 6.07) is -0.277. The van der Waals surface area contributed by atoms with Gasteiger partial charge in [0.05, 0.1) is 0 Å². The number of carbonyl (C=O) groups excluding carboxylic acids is 1. The third-order valence-electron chi connectivity index (χ3n) is 2.38. The maximum Gasteiger partial charge on any atom is 0.425 e. The standard InChI is InChI=1S/C10H18F3NO2.C2H6/c1-6(9(3,4)5)14-8(15)16-7(2)10(11,12)13;1-2/h6-7H,1-5H3,(H,14,15);1-2H3. The Morgan fingerprint density at radius 3 is 1.78 bits per heavy atom. The van der Waals surface area contributed by atoms with Gasteiger partial charge in [0.25, 0.3) is 0 Å². The van der Waals surface area contributed by atoms with E-state index in [-0.39, 0.29) is 11.5 Å². The molecule has 3 nitrogen and oxygen atoms in total. The van der Waals surface area contributed by atoms with Crippen molar-refractivity contribution in [2.24, 2.45) is 5.41 Å². The van der Waals surface area contributed by atoms with Crippen molar-refractivity contribution in [1.82, 2.24) is 5.32 Å². The SMILES string of the molecule is CC.CC(NC(=O)OC(C)C(F)(F)F)C(C)(C)C. The summed E-state index contributed by atoms with van der Waals surface area (Å²) in [5.41, 5.74) is -0.236. The second kappa shape index (κ2) is 7.48. The zero-order valence-corrected chi connectivity index (χ0v) is 12.1. The van der Waals surface area contributed by atoms with Gasteiger partial charge in [0.15, 0.2) is 6.10 Å². The van der Waals surface area contributed by atoms with Crippen molar-refractivity contribution >= 4 is 6.09 Å². The molecule has 6 heteroatoms. The molecule has 0 bridgehead atoms. The third kappa shape index (κ3) is 8.20. The van der Waals surface area contributed by atoms with Crippen LogP contribution in [-0.4, -0.2) is 24.4 Å². The van der Waals surface area contributed by atoms with Crippen LogP contribution in [0.2, 0.25) is 0 Å². The zero-order chi connectivity index (χ0) is 15.1. The van der Waals surface area contributed by atoms with E-state index in [2.05, 4.69) is 10.1 Å². The molecule has 2 unspecified atom stereocenters. The molecule has 1 amide bonds. The largest absolute Gasteiger partial charge is 0.437 e. The number of carbonyl (C=O) groups is 1. The lowest BCUT2D eigenvalue weighted by Crippen LogP contribution is -2.44. The van der Waals surface area contributed by atoms with Crippen molar-refractivity contribution in [1.29, 1.82) is 0 Å². The quantitative estimate of drug-likeness (QED) is 0.820. The van der Waals surface area contributed by atoms with Crippen LogP contribution >= 0.6 is 0 Å². The topological polar surface area (TPSA) is 38.3 Å². The van der Waals surface area contributed by atoms with Gasteiger partial charge in [-0.25, -0.2) is 4.79 Å². The molecule has 0 aliphatic carbocycles. The Hall–Kier alpha value is -0.940. The molecular weight excluding hydrogens is 247 g/mol. The van der Waals surface area contributed by atoms with Gasteiger partial charge < -0.3 is 10.1 Å². The average Bonchev–Trinajstić information content (AvgIpc) is 2.17. The van der Waals surface area contributed by atoms with Gasteiger partial charge in [-0.1, -0.05) is 34.6 Å². The molecule has 0 rings (SSSR count). The van der Waals surface area contributed by atoms with Crippen LogP contribution in [0.5, 0.6) is 0 Å². The van der Waals surface area contributed by atoms with Crippen LogP contribution in [-0.2, 0) is 4.74 Å². The summed E-state index contributed by atoms with van der Waals surface area (Å²) < 4.78 is 40.4. The predicted molar refractivity (Wildman–Crippen MR) is 65.4 cm³/mol. The molecule has 110 valence electrons. The molecule has 0 aliphatic rings. The molecule has 0 saturated carbocycles. The minimum Gasteiger partial charge on any atom is -0.437 e. The van der Waals surface area contributed by atoms with Gasteiger partial charge in [0, 0.05) is 6.04 Å². The monoisotopic (exact) mass is 271 g/mol. The third-order valence-corrected chi connectivity index (χ3v) is 2.38. The summed E-state index contributed by atoms with van der Waals surface area (Å²) in [7, 11) is 0. The number of amides is 1. The predicted octanol–water partition coefficient (Wildman–Crippen LogP) is 4.12. The number of alkyl halides is 3. The van der Waals surface area contributed by atoms with Gasteiger partial charge in [0.2, 0.25) is 0 Å². The van der Waals surface area contributed by atoms with Crippen LogP contribution in [0.25, 0.3) is 0 Å². The molecule has 0 radical (unpaired) electrons. The highest BCUT2D eigenvalue weighted by Crippen LogP contribution is 2.23. The van der Waals surface area contributed by atoms with Crippen molar-refractivity contribution < 1.29 is 22.7 Å². The molecule has 0 heterocycles. The van der Waals surface area contributed by atoms with Gasteiger partial charge in [0.1, 0.15) is 0 Å². The van der Waals surface area contributed by atoms with Crippen molar-refractivity contribution in [2.75, 3.05) is 0 Å². The average molecular weight is 271 g/mol. The molecule has 0 aliphatic heterocycles. The van der Waals surface area contributed by atoms with Crippen LogP contribution in [0.1, 0.15) is 48.5 Å². The van der Waals surface area contributed by atoms with Gasteiger partial charge in [-0.2, -0.15) is 13.2 Å². The fourth-order valence-electron chi connectivity index (χ4n) is 0.655. The molecule has 0 saturated heterocycles. The second-order valence-electron chi connectivity index (χ2n) is 4.82. The molecule has 18 heavy (non-hydrogen) atoms. The molecule has 0 aromatic heterocycles. The van der Waals surface area contributed by atoms with E-state index in [1.807, 2.05) is 34.6 Å². The first-order valence-electron chi connectivity index (χ1n) is 5.98. The Balaban J connectivity index is 0. The number of rotatable bonds is 2. The lowest BCUT2D eigenvalue weighted by Gasteiger charge is -2.28. The molecule has 1 N–H and O–H groups in total. The van der Waals surface area contributed by atoms with E-state index in [4.69, 9.17) is 0 Å². The number of alkyl carbamates (subject to hydrolysis) is 1. The second-order valence-corrected chi connectivity index (χ2v) is 4.82. The van der Waals surface area contributed by atoms with E-state index in [9.17, 15) is 18.0 Å². The van der Waals surface area contributed by atoms with Crippen LogP contribution < -0.4 is 5.32 Å². The Kier molecular flexibility index (Phi) is 8.07. The zero-order valence-electron chi connectivity index (χ0n) is 12.1. The fourth-order valence-corrected chi connectivity index (χ4v) is 0.655. The minimum atomic E-state index is -4.53. The van der Waals surface area contributed by atoms with E-state index < -0.39 is 18.4 Å². The highest BCUT2D eigenvalue weighted by molar-refractivity contribution is 5.67.